The zero-order valence-electron chi connectivity index (χ0n) is 12.5. The molecule has 3 heterocycles. The van der Waals surface area contributed by atoms with E-state index in [1.54, 1.807) is 25.1 Å². The SMILES string of the molecule is Cc1ccc(N2C(=O)c3sc4c(C)nnc(=O)n4c3C2=O)cc1Cl. The molecular weight excluding hydrogens is 352 g/mol. The molecule has 0 saturated carbocycles. The van der Waals surface area contributed by atoms with E-state index in [0.717, 1.165) is 26.2 Å². The fourth-order valence-electron chi connectivity index (χ4n) is 2.61. The van der Waals surface area contributed by atoms with Crippen molar-refractivity contribution in [3.05, 3.63) is 55.5 Å². The van der Waals surface area contributed by atoms with Gasteiger partial charge in [0.15, 0.2) is 0 Å². The standard InChI is InChI=1S/C15H9ClN4O3S/c1-6-3-4-8(5-9(6)16)19-12(21)10-11(13(19)22)24-14-7(2)17-18-15(23)20(10)14/h3-5H,1-2H3. The number of nitrogens with zero attached hydrogens (tertiary/aromatic N) is 4. The Morgan fingerprint density at radius 3 is 2.54 bits per heavy atom. The average molecular weight is 361 g/mol. The van der Waals surface area contributed by atoms with Crippen LogP contribution >= 0.6 is 22.9 Å². The van der Waals surface area contributed by atoms with Crippen molar-refractivity contribution in [3.63, 3.8) is 0 Å². The van der Waals surface area contributed by atoms with Gasteiger partial charge in [-0.1, -0.05) is 22.8 Å². The normalized spacial score (nSPS) is 13.9. The lowest BCUT2D eigenvalue weighted by molar-refractivity contribution is 0.0925. The second kappa shape index (κ2) is 4.96. The summed E-state index contributed by atoms with van der Waals surface area (Å²) in [4.78, 5) is 39.2. The second-order valence-electron chi connectivity index (χ2n) is 5.37. The lowest BCUT2D eigenvalue weighted by Gasteiger charge is -2.15. The molecule has 2 amide bonds. The van der Waals surface area contributed by atoms with Gasteiger partial charge in [0.1, 0.15) is 15.4 Å². The topological polar surface area (TPSA) is 84.6 Å². The number of hydrogen-bond acceptors (Lipinski definition) is 6. The first-order valence-corrected chi connectivity index (χ1v) is 8.13. The Kier molecular flexibility index (Phi) is 3.09. The van der Waals surface area contributed by atoms with Crippen molar-refractivity contribution < 1.29 is 9.59 Å². The Bertz CT molecular complexity index is 1120. The summed E-state index contributed by atoms with van der Waals surface area (Å²) in [6, 6.07) is 4.92. The van der Waals surface area contributed by atoms with Crippen molar-refractivity contribution in [1.29, 1.82) is 0 Å². The van der Waals surface area contributed by atoms with E-state index < -0.39 is 17.5 Å². The van der Waals surface area contributed by atoms with Crippen LogP contribution in [0.1, 0.15) is 31.4 Å². The predicted molar refractivity (Wildman–Crippen MR) is 89.2 cm³/mol. The van der Waals surface area contributed by atoms with Gasteiger partial charge in [-0.3, -0.25) is 9.59 Å². The molecule has 3 aromatic rings. The Morgan fingerprint density at radius 1 is 1.08 bits per heavy atom. The highest BCUT2D eigenvalue weighted by Crippen LogP contribution is 2.35. The third-order valence-electron chi connectivity index (χ3n) is 3.84. The van der Waals surface area contributed by atoms with Gasteiger partial charge in [0, 0.05) is 5.02 Å². The lowest BCUT2D eigenvalue weighted by atomic mass is 10.2. The van der Waals surface area contributed by atoms with E-state index >= 15 is 0 Å². The van der Waals surface area contributed by atoms with Crippen LogP contribution in [-0.2, 0) is 0 Å². The summed E-state index contributed by atoms with van der Waals surface area (Å²) in [5, 5.41) is 7.69. The molecule has 9 heteroatoms. The molecular formula is C15H9ClN4O3S. The molecule has 0 fully saturated rings. The minimum Gasteiger partial charge on any atom is -0.267 e. The minimum atomic E-state index is -0.682. The first-order chi connectivity index (χ1) is 11.4. The molecule has 0 unspecified atom stereocenters. The monoisotopic (exact) mass is 360 g/mol. The first-order valence-electron chi connectivity index (χ1n) is 6.94. The van der Waals surface area contributed by atoms with Crippen LogP contribution in [0.3, 0.4) is 0 Å². The van der Waals surface area contributed by atoms with Crippen molar-refractivity contribution in [2.75, 3.05) is 4.90 Å². The maximum absolute atomic E-state index is 12.8. The molecule has 24 heavy (non-hydrogen) atoms. The number of amides is 2. The zero-order chi connectivity index (χ0) is 17.2. The van der Waals surface area contributed by atoms with E-state index in [2.05, 4.69) is 10.2 Å². The van der Waals surface area contributed by atoms with Gasteiger partial charge < -0.3 is 0 Å². The van der Waals surface area contributed by atoms with Crippen molar-refractivity contribution in [3.8, 4) is 0 Å². The highest BCUT2D eigenvalue weighted by molar-refractivity contribution is 7.20. The third kappa shape index (κ3) is 1.87. The first kappa shape index (κ1) is 15.0. The van der Waals surface area contributed by atoms with Crippen molar-refractivity contribution in [1.82, 2.24) is 14.6 Å². The van der Waals surface area contributed by atoms with Crippen LogP contribution in [0, 0.1) is 13.8 Å². The molecule has 0 N–H and O–H groups in total. The van der Waals surface area contributed by atoms with E-state index in [-0.39, 0.29) is 10.6 Å². The molecule has 7 nitrogen and oxygen atoms in total. The molecule has 4 rings (SSSR count). The average Bonchev–Trinajstić information content (AvgIpc) is 3.05. The van der Waals surface area contributed by atoms with Gasteiger partial charge in [-0.2, -0.15) is 0 Å². The number of hydrogen-bond donors (Lipinski definition) is 0. The summed E-state index contributed by atoms with van der Waals surface area (Å²) < 4.78 is 1.15. The number of benzene rings is 1. The summed E-state index contributed by atoms with van der Waals surface area (Å²) in [7, 11) is 0. The highest BCUT2D eigenvalue weighted by atomic mass is 35.5. The van der Waals surface area contributed by atoms with E-state index in [9.17, 15) is 14.4 Å². The number of imide groups is 1. The quantitative estimate of drug-likeness (QED) is 0.621. The predicted octanol–water partition coefficient (Wildman–Crippen LogP) is 2.22. The molecule has 0 spiro atoms. The van der Waals surface area contributed by atoms with E-state index in [1.165, 1.54) is 0 Å². The smallest absolute Gasteiger partial charge is 0.267 e. The summed E-state index contributed by atoms with van der Waals surface area (Å²) in [5.41, 5.74) is 1.03. The number of rotatable bonds is 1. The highest BCUT2D eigenvalue weighted by Gasteiger charge is 2.41. The second-order valence-corrected chi connectivity index (χ2v) is 6.77. The summed E-state index contributed by atoms with van der Waals surface area (Å²) in [5.74, 6) is -1.06. The molecule has 1 aliphatic rings. The summed E-state index contributed by atoms with van der Waals surface area (Å²) in [6.45, 7) is 3.49. The largest absolute Gasteiger partial charge is 0.372 e. The Labute approximate surface area is 144 Å². The Morgan fingerprint density at radius 2 is 1.83 bits per heavy atom. The number of aryl methyl sites for hydroxylation is 2. The van der Waals surface area contributed by atoms with Crippen LogP contribution in [0.5, 0.6) is 0 Å². The van der Waals surface area contributed by atoms with Crippen molar-refractivity contribution >= 4 is 45.3 Å². The number of fused-ring (bicyclic) bond motifs is 3. The number of carbonyl (C=O) groups is 2. The van der Waals surface area contributed by atoms with Crippen molar-refractivity contribution in [2.45, 2.75) is 13.8 Å². The number of aromatic nitrogens is 3. The molecule has 1 aliphatic heterocycles. The fourth-order valence-corrected chi connectivity index (χ4v) is 3.88. The molecule has 2 aromatic heterocycles. The molecule has 0 atom stereocenters. The summed E-state index contributed by atoms with van der Waals surface area (Å²) >= 11 is 7.15. The fraction of sp³-hybridized carbons (Fsp3) is 0.133. The molecule has 0 radical (unpaired) electrons. The molecule has 1 aromatic carbocycles. The summed E-state index contributed by atoms with van der Waals surface area (Å²) in [6.07, 6.45) is 0. The van der Waals surface area contributed by atoms with Gasteiger partial charge in [0.2, 0.25) is 0 Å². The van der Waals surface area contributed by atoms with E-state index in [1.807, 2.05) is 6.92 Å². The minimum absolute atomic E-state index is 0.0275. The van der Waals surface area contributed by atoms with Crippen LogP contribution in [-0.4, -0.2) is 26.4 Å². The van der Waals surface area contributed by atoms with Crippen LogP contribution in [0.4, 0.5) is 5.69 Å². The lowest BCUT2D eigenvalue weighted by Crippen LogP contribution is -2.31. The third-order valence-corrected chi connectivity index (χ3v) is 5.49. The Hall–Kier alpha value is -2.58. The van der Waals surface area contributed by atoms with E-state index in [0.29, 0.717) is 21.2 Å². The van der Waals surface area contributed by atoms with Gasteiger partial charge in [-0.15, -0.1) is 16.4 Å². The molecule has 0 aliphatic carbocycles. The maximum Gasteiger partial charge on any atom is 0.372 e. The van der Waals surface area contributed by atoms with Gasteiger partial charge in [0.05, 0.1) is 11.4 Å². The molecule has 120 valence electrons. The van der Waals surface area contributed by atoms with Crippen LogP contribution in [0.2, 0.25) is 5.02 Å². The maximum atomic E-state index is 12.8. The van der Waals surface area contributed by atoms with Gasteiger partial charge in [0.25, 0.3) is 11.8 Å². The van der Waals surface area contributed by atoms with Crippen molar-refractivity contribution in [2.24, 2.45) is 0 Å². The van der Waals surface area contributed by atoms with E-state index in [4.69, 9.17) is 11.6 Å². The number of thiazole rings is 1. The van der Waals surface area contributed by atoms with Gasteiger partial charge in [-0.05, 0) is 31.5 Å². The van der Waals surface area contributed by atoms with Crippen LogP contribution < -0.4 is 10.6 Å². The van der Waals surface area contributed by atoms with Crippen LogP contribution in [0.15, 0.2) is 23.0 Å². The number of halogens is 1. The Balaban J connectivity index is 1.95. The number of anilines is 1. The number of carbonyl (C=O) groups excluding carboxylic acids is 2. The molecule has 0 bridgehead atoms. The van der Waals surface area contributed by atoms with Crippen LogP contribution in [0.25, 0.3) is 4.83 Å². The van der Waals surface area contributed by atoms with Gasteiger partial charge in [-0.25, -0.2) is 14.1 Å². The molecule has 0 saturated heterocycles. The van der Waals surface area contributed by atoms with Gasteiger partial charge >= 0.3 is 5.69 Å². The zero-order valence-corrected chi connectivity index (χ0v) is 14.1.